The minimum absolute atomic E-state index is 0.151. The predicted octanol–water partition coefficient (Wildman–Crippen LogP) is 0.919. The third-order valence-corrected chi connectivity index (χ3v) is 3.51. The molecule has 0 aromatic rings. The molecule has 1 aliphatic carbocycles. The van der Waals surface area contributed by atoms with Gasteiger partial charge in [-0.3, -0.25) is 4.79 Å². The Labute approximate surface area is 98.1 Å². The van der Waals surface area contributed by atoms with Crippen molar-refractivity contribution in [3.05, 3.63) is 0 Å². The highest BCUT2D eigenvalue weighted by molar-refractivity contribution is 5.76. The maximum atomic E-state index is 11.5. The van der Waals surface area contributed by atoms with Crippen LogP contribution in [0.15, 0.2) is 0 Å². The fourth-order valence-electron chi connectivity index (χ4n) is 2.12. The molecule has 0 heterocycles. The average Bonchev–Trinajstić information content (AvgIpc) is 2.24. The molecule has 2 N–H and O–H groups in total. The molecule has 1 aliphatic rings. The lowest BCUT2D eigenvalue weighted by atomic mass is 9.67. The van der Waals surface area contributed by atoms with E-state index in [2.05, 4.69) is 10.6 Å². The van der Waals surface area contributed by atoms with Crippen LogP contribution >= 0.6 is 0 Å². The van der Waals surface area contributed by atoms with Gasteiger partial charge in [-0.25, -0.2) is 0 Å². The second-order valence-corrected chi connectivity index (χ2v) is 4.73. The molecule has 0 aromatic heterocycles. The number of carbonyl (C=O) groups excluding carboxylic acids is 1. The highest BCUT2D eigenvalue weighted by atomic mass is 16.5. The summed E-state index contributed by atoms with van der Waals surface area (Å²) < 4.78 is 5.12. The molecular formula is C12H24N2O2. The number of carbonyl (C=O) groups is 1. The zero-order valence-electron chi connectivity index (χ0n) is 10.5. The lowest BCUT2D eigenvalue weighted by Gasteiger charge is -2.42. The van der Waals surface area contributed by atoms with Crippen LogP contribution in [-0.4, -0.2) is 39.8 Å². The van der Waals surface area contributed by atoms with Gasteiger partial charge in [-0.2, -0.15) is 0 Å². The van der Waals surface area contributed by atoms with Crippen molar-refractivity contribution in [2.75, 3.05) is 33.9 Å². The van der Waals surface area contributed by atoms with Gasteiger partial charge in [0.05, 0.1) is 0 Å². The quantitative estimate of drug-likeness (QED) is 0.649. The first kappa shape index (κ1) is 13.5. The van der Waals surface area contributed by atoms with E-state index >= 15 is 0 Å². The van der Waals surface area contributed by atoms with Crippen molar-refractivity contribution in [2.45, 2.75) is 32.1 Å². The molecule has 1 fully saturated rings. The molecule has 0 bridgehead atoms. The topological polar surface area (TPSA) is 50.4 Å². The summed E-state index contributed by atoms with van der Waals surface area (Å²) in [6.07, 6.45) is 5.37. The molecule has 0 aromatic carbocycles. The molecule has 1 saturated carbocycles. The molecule has 0 unspecified atom stereocenters. The molecule has 0 atom stereocenters. The van der Waals surface area contributed by atoms with E-state index in [0.717, 1.165) is 26.1 Å². The largest absolute Gasteiger partial charge is 0.385 e. The normalized spacial score (nSPS) is 17.9. The minimum atomic E-state index is 0.151. The lowest BCUT2D eigenvalue weighted by Crippen LogP contribution is -2.43. The van der Waals surface area contributed by atoms with E-state index in [-0.39, 0.29) is 5.91 Å². The first-order chi connectivity index (χ1) is 7.72. The Kier molecular flexibility index (Phi) is 5.77. The van der Waals surface area contributed by atoms with Crippen LogP contribution in [0.4, 0.5) is 0 Å². The number of hydrogen-bond acceptors (Lipinski definition) is 3. The van der Waals surface area contributed by atoms with E-state index < -0.39 is 0 Å². The molecule has 4 heteroatoms. The van der Waals surface area contributed by atoms with Gasteiger partial charge in [-0.05, 0) is 31.7 Å². The highest BCUT2D eigenvalue weighted by Gasteiger charge is 2.36. The Morgan fingerprint density at radius 3 is 2.69 bits per heavy atom. The maximum Gasteiger partial charge on any atom is 0.221 e. The SMILES string of the molecule is CNCCC(=O)NCC1(CCOC)CCC1. The van der Waals surface area contributed by atoms with Gasteiger partial charge in [0.1, 0.15) is 0 Å². The van der Waals surface area contributed by atoms with Crippen molar-refractivity contribution in [3.63, 3.8) is 0 Å². The van der Waals surface area contributed by atoms with E-state index in [1.807, 2.05) is 7.05 Å². The van der Waals surface area contributed by atoms with Gasteiger partial charge in [-0.15, -0.1) is 0 Å². The van der Waals surface area contributed by atoms with Gasteiger partial charge >= 0.3 is 0 Å². The second-order valence-electron chi connectivity index (χ2n) is 4.73. The summed E-state index contributed by atoms with van der Waals surface area (Å²) in [5.74, 6) is 0.151. The van der Waals surface area contributed by atoms with Gasteiger partial charge in [0.2, 0.25) is 5.91 Å². The van der Waals surface area contributed by atoms with E-state index in [4.69, 9.17) is 4.74 Å². The number of hydrogen-bond donors (Lipinski definition) is 2. The summed E-state index contributed by atoms with van der Waals surface area (Å²) in [5, 5.41) is 6.01. The zero-order valence-corrected chi connectivity index (χ0v) is 10.5. The highest BCUT2D eigenvalue weighted by Crippen LogP contribution is 2.43. The van der Waals surface area contributed by atoms with E-state index in [1.54, 1.807) is 7.11 Å². The number of amides is 1. The Morgan fingerprint density at radius 1 is 1.44 bits per heavy atom. The fraction of sp³-hybridized carbons (Fsp3) is 0.917. The third-order valence-electron chi connectivity index (χ3n) is 3.51. The fourth-order valence-corrected chi connectivity index (χ4v) is 2.12. The van der Waals surface area contributed by atoms with Crippen LogP contribution in [0.2, 0.25) is 0 Å². The average molecular weight is 228 g/mol. The van der Waals surface area contributed by atoms with Crippen molar-refractivity contribution in [1.29, 1.82) is 0 Å². The van der Waals surface area contributed by atoms with Gasteiger partial charge in [0, 0.05) is 33.2 Å². The molecule has 4 nitrogen and oxygen atoms in total. The van der Waals surface area contributed by atoms with Gasteiger partial charge in [-0.1, -0.05) is 6.42 Å². The lowest BCUT2D eigenvalue weighted by molar-refractivity contribution is -0.122. The number of rotatable bonds is 8. The van der Waals surface area contributed by atoms with Gasteiger partial charge in [0.25, 0.3) is 0 Å². The predicted molar refractivity (Wildman–Crippen MR) is 64.3 cm³/mol. The first-order valence-electron chi connectivity index (χ1n) is 6.13. The summed E-state index contributed by atoms with van der Waals surface area (Å²) in [6.45, 7) is 2.36. The van der Waals surface area contributed by atoms with Crippen molar-refractivity contribution in [1.82, 2.24) is 10.6 Å². The molecule has 0 saturated heterocycles. The molecule has 1 amide bonds. The van der Waals surface area contributed by atoms with Crippen LogP contribution < -0.4 is 10.6 Å². The van der Waals surface area contributed by atoms with E-state index in [0.29, 0.717) is 11.8 Å². The van der Waals surface area contributed by atoms with E-state index in [1.165, 1.54) is 19.3 Å². The number of methoxy groups -OCH3 is 1. The summed E-state index contributed by atoms with van der Waals surface area (Å²) in [7, 11) is 3.59. The number of ether oxygens (including phenoxy) is 1. The monoisotopic (exact) mass is 228 g/mol. The molecule has 0 radical (unpaired) electrons. The zero-order chi connectivity index (χ0) is 11.9. The van der Waals surface area contributed by atoms with Crippen LogP contribution in [-0.2, 0) is 9.53 Å². The standard InChI is InChI=1S/C12H24N2O2/c1-13-8-4-11(15)14-10-12(5-3-6-12)7-9-16-2/h13H,3-10H2,1-2H3,(H,14,15). The van der Waals surface area contributed by atoms with Crippen LogP contribution in [0.1, 0.15) is 32.1 Å². The molecule has 94 valence electrons. The number of nitrogens with one attached hydrogen (secondary N) is 2. The molecular weight excluding hydrogens is 204 g/mol. The van der Waals surface area contributed by atoms with Crippen LogP contribution in [0, 0.1) is 5.41 Å². The minimum Gasteiger partial charge on any atom is -0.385 e. The first-order valence-corrected chi connectivity index (χ1v) is 6.13. The van der Waals surface area contributed by atoms with Crippen LogP contribution in [0.5, 0.6) is 0 Å². The molecule has 1 rings (SSSR count). The second kappa shape index (κ2) is 6.86. The molecule has 0 spiro atoms. The summed E-state index contributed by atoms with van der Waals surface area (Å²) in [4.78, 5) is 11.5. The maximum absolute atomic E-state index is 11.5. The summed E-state index contributed by atoms with van der Waals surface area (Å²) in [6, 6.07) is 0. The van der Waals surface area contributed by atoms with E-state index in [9.17, 15) is 4.79 Å². The van der Waals surface area contributed by atoms with Crippen molar-refractivity contribution in [3.8, 4) is 0 Å². The Morgan fingerprint density at radius 2 is 2.19 bits per heavy atom. The summed E-state index contributed by atoms with van der Waals surface area (Å²) in [5.41, 5.74) is 0.325. The van der Waals surface area contributed by atoms with Gasteiger partial charge in [0.15, 0.2) is 0 Å². The molecule has 0 aliphatic heterocycles. The third kappa shape index (κ3) is 4.10. The smallest absolute Gasteiger partial charge is 0.221 e. The Bertz CT molecular complexity index is 215. The van der Waals surface area contributed by atoms with Crippen LogP contribution in [0.25, 0.3) is 0 Å². The summed E-state index contributed by atoms with van der Waals surface area (Å²) >= 11 is 0. The van der Waals surface area contributed by atoms with Crippen molar-refractivity contribution < 1.29 is 9.53 Å². The Hall–Kier alpha value is -0.610. The van der Waals surface area contributed by atoms with Crippen molar-refractivity contribution >= 4 is 5.91 Å². The van der Waals surface area contributed by atoms with Crippen LogP contribution in [0.3, 0.4) is 0 Å². The van der Waals surface area contributed by atoms with Gasteiger partial charge < -0.3 is 15.4 Å². The molecule has 16 heavy (non-hydrogen) atoms. The van der Waals surface area contributed by atoms with Crippen molar-refractivity contribution in [2.24, 2.45) is 5.41 Å². The Balaban J connectivity index is 2.20.